The van der Waals surface area contributed by atoms with Crippen molar-refractivity contribution in [3.8, 4) is 0 Å². The maximum atomic E-state index is 6.10. The van der Waals surface area contributed by atoms with E-state index in [-0.39, 0.29) is 0 Å². The molecule has 0 aliphatic carbocycles. The number of halogens is 1. The molecule has 2 saturated heterocycles. The fourth-order valence-corrected chi connectivity index (χ4v) is 4.21. The average Bonchev–Trinajstić information content (AvgIpc) is 2.99. The Labute approximate surface area is 137 Å². The van der Waals surface area contributed by atoms with Gasteiger partial charge < -0.3 is 4.57 Å². The summed E-state index contributed by atoms with van der Waals surface area (Å²) < 4.78 is 2.46. The van der Waals surface area contributed by atoms with Gasteiger partial charge in [0.25, 0.3) is 0 Å². The van der Waals surface area contributed by atoms with Gasteiger partial charge in [-0.1, -0.05) is 18.0 Å². The Kier molecular flexibility index (Phi) is 4.12. The Morgan fingerprint density at radius 3 is 2.36 bits per heavy atom. The van der Waals surface area contributed by atoms with Crippen molar-refractivity contribution in [2.24, 2.45) is 0 Å². The van der Waals surface area contributed by atoms with Gasteiger partial charge in [0.1, 0.15) is 0 Å². The van der Waals surface area contributed by atoms with Gasteiger partial charge in [-0.3, -0.25) is 0 Å². The predicted octanol–water partition coefficient (Wildman–Crippen LogP) is 4.33. The van der Waals surface area contributed by atoms with Gasteiger partial charge in [-0.2, -0.15) is 0 Å². The molecule has 0 radical (unpaired) electrons. The zero-order valence-electron chi connectivity index (χ0n) is 13.0. The second-order valence-electron chi connectivity index (χ2n) is 6.63. The van der Waals surface area contributed by atoms with E-state index in [0.29, 0.717) is 6.04 Å². The van der Waals surface area contributed by atoms with Gasteiger partial charge in [-0.25, -0.2) is 10.0 Å². The normalized spacial score (nSPS) is 22.4. The minimum atomic E-state index is 0.625. The third-order valence-corrected chi connectivity index (χ3v) is 5.48. The van der Waals surface area contributed by atoms with Gasteiger partial charge in [-0.15, -0.1) is 0 Å². The molecule has 0 amide bonds. The van der Waals surface area contributed by atoms with Crippen molar-refractivity contribution in [2.45, 2.75) is 38.1 Å². The summed E-state index contributed by atoms with van der Waals surface area (Å²) in [6.07, 6.45) is 8.85. The highest BCUT2D eigenvalue weighted by atomic mass is 35.5. The van der Waals surface area contributed by atoms with E-state index in [1.165, 1.54) is 69.2 Å². The maximum Gasteiger partial charge on any atom is 0.0483 e. The van der Waals surface area contributed by atoms with Gasteiger partial charge in [0.2, 0.25) is 0 Å². The van der Waals surface area contributed by atoms with Gasteiger partial charge in [-0.05, 0) is 49.9 Å². The smallest absolute Gasteiger partial charge is 0.0483 e. The third-order valence-electron chi connectivity index (χ3n) is 5.25. The molecule has 3 nitrogen and oxygen atoms in total. The largest absolute Gasteiger partial charge is 0.344 e. The molecule has 2 aromatic rings. The monoisotopic (exact) mass is 317 g/mol. The number of hydrogen-bond acceptors (Lipinski definition) is 2. The Morgan fingerprint density at radius 1 is 0.864 bits per heavy atom. The maximum absolute atomic E-state index is 6.10. The molecule has 1 aromatic heterocycles. The number of hydrazine groups is 1. The van der Waals surface area contributed by atoms with E-state index in [2.05, 4.69) is 39.0 Å². The van der Waals surface area contributed by atoms with Crippen LogP contribution in [0.1, 0.15) is 38.1 Å². The number of fused-ring (bicyclic) bond motifs is 1. The van der Waals surface area contributed by atoms with Gasteiger partial charge in [0.15, 0.2) is 0 Å². The molecular formula is C18H24ClN3. The molecule has 2 fully saturated rings. The van der Waals surface area contributed by atoms with E-state index in [1.54, 1.807) is 0 Å². The molecule has 4 heteroatoms. The molecule has 0 saturated carbocycles. The average molecular weight is 318 g/mol. The lowest BCUT2D eigenvalue weighted by atomic mass is 10.1. The highest BCUT2D eigenvalue weighted by Gasteiger charge is 2.25. The fourth-order valence-electron chi connectivity index (χ4n) is 4.03. The van der Waals surface area contributed by atoms with Gasteiger partial charge in [0, 0.05) is 54.3 Å². The van der Waals surface area contributed by atoms with Crippen LogP contribution in [0, 0.1) is 0 Å². The second kappa shape index (κ2) is 6.23. The molecule has 0 N–H and O–H groups in total. The molecule has 0 unspecified atom stereocenters. The molecule has 2 aliphatic heterocycles. The Balaban J connectivity index is 1.46. The number of nitrogens with zero attached hydrogens (tertiary/aromatic N) is 3. The second-order valence-corrected chi connectivity index (χ2v) is 7.06. The Morgan fingerprint density at radius 2 is 1.59 bits per heavy atom. The molecule has 1 aromatic carbocycles. The Hall–Kier alpha value is -1.03. The van der Waals surface area contributed by atoms with Crippen LogP contribution in [0.15, 0.2) is 30.5 Å². The first-order valence-corrected chi connectivity index (χ1v) is 8.95. The summed E-state index contributed by atoms with van der Waals surface area (Å²) in [6, 6.07) is 9.05. The standard InChI is InChI=1S/C18H24ClN3/c19-16-4-5-18-15(14-16)6-13-22(18)17-7-11-21(12-8-17)20-9-2-1-3-10-20/h4-6,13-14,17H,1-3,7-12H2. The lowest BCUT2D eigenvalue weighted by molar-refractivity contribution is -0.0593. The topological polar surface area (TPSA) is 11.4 Å². The van der Waals surface area contributed by atoms with E-state index in [0.717, 1.165) is 5.02 Å². The van der Waals surface area contributed by atoms with Crippen LogP contribution in [0.3, 0.4) is 0 Å². The van der Waals surface area contributed by atoms with Crippen LogP contribution in [0.5, 0.6) is 0 Å². The van der Waals surface area contributed by atoms with Crippen molar-refractivity contribution in [3.63, 3.8) is 0 Å². The third kappa shape index (κ3) is 2.78. The summed E-state index contributed by atoms with van der Waals surface area (Å²) in [5.41, 5.74) is 1.32. The van der Waals surface area contributed by atoms with E-state index in [9.17, 15) is 0 Å². The fraction of sp³-hybridized carbons (Fsp3) is 0.556. The molecule has 118 valence electrons. The quantitative estimate of drug-likeness (QED) is 0.816. The molecule has 0 spiro atoms. The minimum absolute atomic E-state index is 0.625. The van der Waals surface area contributed by atoms with Crippen molar-refractivity contribution in [2.75, 3.05) is 26.2 Å². The van der Waals surface area contributed by atoms with E-state index >= 15 is 0 Å². The van der Waals surface area contributed by atoms with Gasteiger partial charge in [0.05, 0.1) is 0 Å². The van der Waals surface area contributed by atoms with Crippen molar-refractivity contribution in [1.29, 1.82) is 0 Å². The predicted molar refractivity (Wildman–Crippen MR) is 92.2 cm³/mol. The molecule has 3 heterocycles. The van der Waals surface area contributed by atoms with Crippen molar-refractivity contribution >= 4 is 22.5 Å². The number of rotatable bonds is 2. The number of hydrogen-bond donors (Lipinski definition) is 0. The van der Waals surface area contributed by atoms with E-state index < -0.39 is 0 Å². The van der Waals surface area contributed by atoms with Crippen molar-refractivity contribution in [3.05, 3.63) is 35.5 Å². The summed E-state index contributed by atoms with van der Waals surface area (Å²) in [7, 11) is 0. The number of aromatic nitrogens is 1. The molecule has 0 bridgehead atoms. The van der Waals surface area contributed by atoms with Gasteiger partial charge >= 0.3 is 0 Å². The van der Waals surface area contributed by atoms with Crippen molar-refractivity contribution in [1.82, 2.24) is 14.6 Å². The SMILES string of the molecule is Clc1ccc2c(ccn2C2CCN(N3CCCCC3)CC2)c1. The van der Waals surface area contributed by atoms with Crippen LogP contribution in [0.25, 0.3) is 10.9 Å². The van der Waals surface area contributed by atoms with E-state index in [4.69, 9.17) is 11.6 Å². The van der Waals surface area contributed by atoms with Crippen LogP contribution >= 0.6 is 11.6 Å². The lowest BCUT2D eigenvalue weighted by Gasteiger charge is -2.42. The number of benzene rings is 1. The number of piperidine rings is 2. The highest BCUT2D eigenvalue weighted by molar-refractivity contribution is 6.31. The molecular weight excluding hydrogens is 294 g/mol. The summed E-state index contributed by atoms with van der Waals surface area (Å²) in [5.74, 6) is 0. The first kappa shape index (κ1) is 14.6. The zero-order chi connectivity index (χ0) is 14.9. The van der Waals surface area contributed by atoms with Crippen molar-refractivity contribution < 1.29 is 0 Å². The summed E-state index contributed by atoms with van der Waals surface area (Å²) in [4.78, 5) is 0. The summed E-state index contributed by atoms with van der Waals surface area (Å²) in [6.45, 7) is 4.90. The highest BCUT2D eigenvalue weighted by Crippen LogP contribution is 2.30. The molecule has 4 rings (SSSR count). The first-order valence-electron chi connectivity index (χ1n) is 8.57. The molecule has 22 heavy (non-hydrogen) atoms. The van der Waals surface area contributed by atoms with Crippen LogP contribution in [-0.2, 0) is 0 Å². The van der Waals surface area contributed by atoms with Crippen LogP contribution in [-0.4, -0.2) is 40.8 Å². The summed E-state index contributed by atoms with van der Waals surface area (Å²) in [5, 5.41) is 7.27. The van der Waals surface area contributed by atoms with E-state index in [1.807, 2.05) is 6.07 Å². The van der Waals surface area contributed by atoms with Crippen LogP contribution in [0.2, 0.25) is 5.02 Å². The van der Waals surface area contributed by atoms with Crippen LogP contribution in [0.4, 0.5) is 0 Å². The van der Waals surface area contributed by atoms with Crippen LogP contribution < -0.4 is 0 Å². The lowest BCUT2D eigenvalue weighted by Crippen LogP contribution is -2.49. The zero-order valence-corrected chi connectivity index (χ0v) is 13.8. The first-order chi connectivity index (χ1) is 10.8. The minimum Gasteiger partial charge on any atom is -0.344 e. The molecule has 0 atom stereocenters. The molecule has 2 aliphatic rings. The summed E-state index contributed by atoms with van der Waals surface area (Å²) >= 11 is 6.10. The Bertz CT molecular complexity index is 637.